The van der Waals surface area contributed by atoms with Crippen LogP contribution in [-0.2, 0) is 14.9 Å². The van der Waals surface area contributed by atoms with E-state index in [1.165, 1.54) is 0 Å². The first-order chi connectivity index (χ1) is 9.31. The molecule has 0 N–H and O–H groups in total. The molecule has 1 aliphatic rings. The summed E-state index contributed by atoms with van der Waals surface area (Å²) >= 11 is 0. The Kier molecular flexibility index (Phi) is 2.95. The molecule has 1 saturated heterocycles. The molecule has 3 rings (SSSR count). The zero-order chi connectivity index (χ0) is 13.1. The van der Waals surface area contributed by atoms with Crippen LogP contribution in [-0.4, -0.2) is 19.4 Å². The van der Waals surface area contributed by atoms with Gasteiger partial charge in [0, 0.05) is 0 Å². The number of benzene rings is 2. The van der Waals surface area contributed by atoms with Gasteiger partial charge in [0.15, 0.2) is 0 Å². The Balaban J connectivity index is 2.09. The second-order valence-corrected chi connectivity index (χ2v) is 4.64. The van der Waals surface area contributed by atoms with Gasteiger partial charge in [-0.15, -0.1) is 0 Å². The smallest absolute Gasteiger partial charge is 0.433 e. The van der Waals surface area contributed by atoms with Gasteiger partial charge in [0.1, 0.15) is 13.2 Å². The molecule has 2 aromatic rings. The number of hydrogen-bond donors (Lipinski definition) is 0. The molecular formula is C16H14O3. The quantitative estimate of drug-likeness (QED) is 0.772. The molecule has 1 fully saturated rings. The third-order valence-corrected chi connectivity index (χ3v) is 3.53. The Morgan fingerprint density at radius 2 is 1.16 bits per heavy atom. The Morgan fingerprint density at radius 3 is 1.58 bits per heavy atom. The summed E-state index contributed by atoms with van der Waals surface area (Å²) in [7, 11) is 0. The normalized spacial score (nSPS) is 17.4. The van der Waals surface area contributed by atoms with E-state index < -0.39 is 11.6 Å². The van der Waals surface area contributed by atoms with Crippen LogP contribution in [0.1, 0.15) is 11.1 Å². The van der Waals surface area contributed by atoms with Gasteiger partial charge in [-0.05, 0) is 11.1 Å². The van der Waals surface area contributed by atoms with Crippen molar-refractivity contribution in [3.8, 4) is 0 Å². The molecule has 0 spiro atoms. The highest BCUT2D eigenvalue weighted by Gasteiger charge is 2.40. The lowest BCUT2D eigenvalue weighted by Gasteiger charge is -2.36. The highest BCUT2D eigenvalue weighted by atomic mass is 16.7. The Bertz CT molecular complexity index is 512. The number of cyclic esters (lactones) is 2. The molecule has 3 nitrogen and oxygen atoms in total. The minimum atomic E-state index is -0.595. The predicted octanol–water partition coefficient (Wildman–Crippen LogP) is 3.14. The van der Waals surface area contributed by atoms with Crippen molar-refractivity contribution in [2.45, 2.75) is 5.41 Å². The number of rotatable bonds is 2. The maximum absolute atomic E-state index is 11.2. The van der Waals surface area contributed by atoms with Crippen LogP contribution in [0.2, 0.25) is 0 Å². The largest absolute Gasteiger partial charge is 0.508 e. The lowest BCUT2D eigenvalue weighted by atomic mass is 9.75. The molecular weight excluding hydrogens is 240 g/mol. The fraction of sp³-hybridized carbons (Fsp3) is 0.188. The molecule has 0 radical (unpaired) electrons. The summed E-state index contributed by atoms with van der Waals surface area (Å²) in [6, 6.07) is 20.0. The van der Waals surface area contributed by atoms with E-state index in [0.29, 0.717) is 13.2 Å². The van der Waals surface area contributed by atoms with Crippen molar-refractivity contribution in [1.82, 2.24) is 0 Å². The first-order valence-electron chi connectivity index (χ1n) is 6.22. The van der Waals surface area contributed by atoms with Gasteiger partial charge in [-0.1, -0.05) is 60.7 Å². The number of hydrogen-bond acceptors (Lipinski definition) is 3. The first kappa shape index (κ1) is 11.8. The van der Waals surface area contributed by atoms with Crippen LogP contribution in [0.3, 0.4) is 0 Å². The van der Waals surface area contributed by atoms with Crippen molar-refractivity contribution in [1.29, 1.82) is 0 Å². The summed E-state index contributed by atoms with van der Waals surface area (Å²) in [4.78, 5) is 11.2. The van der Waals surface area contributed by atoms with Crippen molar-refractivity contribution in [2.75, 3.05) is 13.2 Å². The van der Waals surface area contributed by atoms with E-state index in [0.717, 1.165) is 11.1 Å². The number of carbonyl (C=O) groups excluding carboxylic acids is 1. The van der Waals surface area contributed by atoms with Crippen molar-refractivity contribution < 1.29 is 14.3 Å². The molecule has 0 atom stereocenters. The summed E-state index contributed by atoms with van der Waals surface area (Å²) in [6.45, 7) is 0.611. The van der Waals surface area contributed by atoms with Gasteiger partial charge in [-0.25, -0.2) is 4.79 Å². The standard InChI is InChI=1S/C16H14O3/c17-15-18-11-16(12-19-15,13-7-3-1-4-8-13)14-9-5-2-6-10-14/h1-10H,11-12H2. The van der Waals surface area contributed by atoms with E-state index in [4.69, 9.17) is 9.47 Å². The van der Waals surface area contributed by atoms with Gasteiger partial charge in [0.25, 0.3) is 0 Å². The summed E-state index contributed by atoms with van der Waals surface area (Å²) in [5.74, 6) is 0. The fourth-order valence-electron chi connectivity index (χ4n) is 2.46. The van der Waals surface area contributed by atoms with Crippen molar-refractivity contribution in [3.05, 3.63) is 71.8 Å². The van der Waals surface area contributed by atoms with Gasteiger partial charge in [0.05, 0.1) is 5.41 Å². The zero-order valence-electron chi connectivity index (χ0n) is 10.4. The van der Waals surface area contributed by atoms with Crippen LogP contribution < -0.4 is 0 Å². The maximum atomic E-state index is 11.2. The van der Waals surface area contributed by atoms with Crippen LogP contribution in [0, 0.1) is 0 Å². The minimum absolute atomic E-state index is 0.305. The van der Waals surface area contributed by atoms with Crippen LogP contribution in [0.5, 0.6) is 0 Å². The van der Waals surface area contributed by atoms with Crippen LogP contribution in [0.15, 0.2) is 60.7 Å². The van der Waals surface area contributed by atoms with Gasteiger partial charge in [-0.2, -0.15) is 0 Å². The molecule has 1 aliphatic heterocycles. The molecule has 19 heavy (non-hydrogen) atoms. The van der Waals surface area contributed by atoms with Crippen LogP contribution in [0.25, 0.3) is 0 Å². The summed E-state index contributed by atoms with van der Waals surface area (Å²) in [6.07, 6.45) is -0.595. The lowest BCUT2D eigenvalue weighted by Crippen LogP contribution is -2.44. The van der Waals surface area contributed by atoms with E-state index in [1.54, 1.807) is 0 Å². The van der Waals surface area contributed by atoms with Gasteiger partial charge < -0.3 is 9.47 Å². The summed E-state index contributed by atoms with van der Waals surface area (Å²) < 4.78 is 10.3. The lowest BCUT2D eigenvalue weighted by molar-refractivity contribution is -0.0152. The monoisotopic (exact) mass is 254 g/mol. The van der Waals surface area contributed by atoms with E-state index in [9.17, 15) is 4.79 Å². The van der Waals surface area contributed by atoms with Crippen LogP contribution >= 0.6 is 0 Å². The predicted molar refractivity (Wildman–Crippen MR) is 71.0 cm³/mol. The van der Waals surface area contributed by atoms with Crippen molar-refractivity contribution in [2.24, 2.45) is 0 Å². The zero-order valence-corrected chi connectivity index (χ0v) is 10.4. The molecule has 3 heteroatoms. The summed E-state index contributed by atoms with van der Waals surface area (Å²) in [5.41, 5.74) is 1.76. The Morgan fingerprint density at radius 1 is 0.737 bits per heavy atom. The van der Waals surface area contributed by atoms with Crippen molar-refractivity contribution in [3.63, 3.8) is 0 Å². The summed E-state index contributed by atoms with van der Waals surface area (Å²) in [5, 5.41) is 0. The van der Waals surface area contributed by atoms with Crippen molar-refractivity contribution >= 4 is 6.16 Å². The SMILES string of the molecule is O=C1OCC(c2ccccc2)(c2ccccc2)CO1. The third kappa shape index (κ3) is 2.08. The Labute approximate surface area is 111 Å². The molecule has 0 saturated carbocycles. The molecule has 0 aliphatic carbocycles. The van der Waals surface area contributed by atoms with Gasteiger partial charge >= 0.3 is 6.16 Å². The average Bonchev–Trinajstić information content (AvgIpc) is 2.50. The van der Waals surface area contributed by atoms with E-state index >= 15 is 0 Å². The maximum Gasteiger partial charge on any atom is 0.508 e. The highest BCUT2D eigenvalue weighted by Crippen LogP contribution is 2.35. The topological polar surface area (TPSA) is 35.5 Å². The molecule has 96 valence electrons. The van der Waals surface area contributed by atoms with E-state index in [-0.39, 0.29) is 0 Å². The molecule has 0 bridgehead atoms. The minimum Gasteiger partial charge on any atom is -0.433 e. The van der Waals surface area contributed by atoms with Gasteiger partial charge in [-0.3, -0.25) is 0 Å². The second kappa shape index (κ2) is 4.76. The number of carbonyl (C=O) groups is 1. The Hall–Kier alpha value is -2.29. The third-order valence-electron chi connectivity index (χ3n) is 3.53. The molecule has 0 unspecified atom stereocenters. The van der Waals surface area contributed by atoms with E-state index in [1.807, 2.05) is 60.7 Å². The number of ether oxygens (including phenoxy) is 2. The fourth-order valence-corrected chi connectivity index (χ4v) is 2.46. The average molecular weight is 254 g/mol. The van der Waals surface area contributed by atoms with E-state index in [2.05, 4.69) is 0 Å². The molecule has 0 aromatic heterocycles. The highest BCUT2D eigenvalue weighted by molar-refractivity contribution is 5.62. The molecule has 0 amide bonds. The van der Waals surface area contributed by atoms with Crippen LogP contribution in [0.4, 0.5) is 4.79 Å². The molecule has 1 heterocycles. The second-order valence-electron chi connectivity index (χ2n) is 4.64. The first-order valence-corrected chi connectivity index (χ1v) is 6.22. The van der Waals surface area contributed by atoms with Gasteiger partial charge in [0.2, 0.25) is 0 Å². The molecule has 2 aromatic carbocycles.